The molecule has 23 heavy (non-hydrogen) atoms. The van der Waals surface area contributed by atoms with E-state index < -0.39 is 22.9 Å². The number of nitrogens with zero attached hydrogens (tertiary/aromatic N) is 1. The average molecular weight is 317 g/mol. The highest BCUT2D eigenvalue weighted by Gasteiger charge is 2.24. The number of ether oxygens (including phenoxy) is 1. The van der Waals surface area contributed by atoms with E-state index in [4.69, 9.17) is 9.15 Å². The number of rotatable bonds is 6. The molecule has 2 aromatic rings. The van der Waals surface area contributed by atoms with Crippen molar-refractivity contribution in [2.75, 3.05) is 0 Å². The lowest BCUT2D eigenvalue weighted by Crippen LogP contribution is -2.24. The number of hydrogen-bond donors (Lipinski definition) is 0. The molecular formula is C16H15NO6. The molecule has 1 atom stereocenters. The van der Waals surface area contributed by atoms with Crippen molar-refractivity contribution in [3.63, 3.8) is 0 Å². The van der Waals surface area contributed by atoms with E-state index in [9.17, 15) is 19.7 Å². The van der Waals surface area contributed by atoms with Crippen LogP contribution in [0.2, 0.25) is 0 Å². The second-order valence-corrected chi connectivity index (χ2v) is 4.86. The summed E-state index contributed by atoms with van der Waals surface area (Å²) in [6, 6.07) is 9.18. The molecule has 2 rings (SSSR count). The van der Waals surface area contributed by atoms with Gasteiger partial charge in [-0.25, -0.2) is 4.79 Å². The maximum absolute atomic E-state index is 12.2. The lowest BCUT2D eigenvalue weighted by molar-refractivity contribution is -0.402. The third-order valence-corrected chi connectivity index (χ3v) is 3.27. The Labute approximate surface area is 132 Å². The molecule has 0 aliphatic rings. The smallest absolute Gasteiger partial charge is 0.433 e. The van der Waals surface area contributed by atoms with Crippen LogP contribution in [0.25, 0.3) is 0 Å². The van der Waals surface area contributed by atoms with Gasteiger partial charge in [-0.15, -0.1) is 0 Å². The van der Waals surface area contributed by atoms with Crippen molar-refractivity contribution < 1.29 is 23.7 Å². The summed E-state index contributed by atoms with van der Waals surface area (Å²) in [7, 11) is 0. The average Bonchev–Trinajstić information content (AvgIpc) is 3.04. The summed E-state index contributed by atoms with van der Waals surface area (Å²) in [4.78, 5) is 33.8. The largest absolute Gasteiger partial charge is 0.448 e. The number of nitro groups is 1. The van der Waals surface area contributed by atoms with Crippen LogP contribution < -0.4 is 0 Å². The van der Waals surface area contributed by atoms with Crippen molar-refractivity contribution in [3.8, 4) is 0 Å². The number of carbonyl (C=O) groups excluding carboxylic acids is 2. The Hall–Kier alpha value is -2.96. The van der Waals surface area contributed by atoms with Gasteiger partial charge in [0.25, 0.3) is 0 Å². The molecule has 0 amide bonds. The second kappa shape index (κ2) is 6.87. The van der Waals surface area contributed by atoms with E-state index in [2.05, 4.69) is 0 Å². The molecule has 0 saturated heterocycles. The number of hydrogen-bond acceptors (Lipinski definition) is 6. The van der Waals surface area contributed by atoms with Crippen LogP contribution in [-0.4, -0.2) is 22.8 Å². The Balaban J connectivity index is 2.04. The van der Waals surface area contributed by atoms with Crippen molar-refractivity contribution >= 4 is 17.6 Å². The molecule has 0 spiro atoms. The lowest BCUT2D eigenvalue weighted by atomic mass is 10.0. The first kappa shape index (κ1) is 16.4. The molecule has 0 unspecified atom stereocenters. The molecule has 1 aromatic heterocycles. The minimum atomic E-state index is -1.03. The van der Waals surface area contributed by atoms with Crippen LogP contribution in [0, 0.1) is 10.1 Å². The molecule has 7 heteroatoms. The molecule has 0 fully saturated rings. The minimum absolute atomic E-state index is 0.322. The Morgan fingerprint density at radius 3 is 2.39 bits per heavy atom. The van der Waals surface area contributed by atoms with Crippen LogP contribution in [-0.2, 0) is 11.2 Å². The van der Waals surface area contributed by atoms with Crippen LogP contribution in [0.5, 0.6) is 0 Å². The highest BCUT2D eigenvalue weighted by atomic mass is 16.7. The first-order valence-electron chi connectivity index (χ1n) is 7.00. The summed E-state index contributed by atoms with van der Waals surface area (Å²) in [5.74, 6) is -2.17. The Morgan fingerprint density at radius 1 is 1.22 bits per heavy atom. The van der Waals surface area contributed by atoms with Crippen LogP contribution in [0.4, 0.5) is 5.88 Å². The van der Waals surface area contributed by atoms with Crippen LogP contribution >= 0.6 is 0 Å². The fourth-order valence-corrected chi connectivity index (χ4v) is 1.95. The van der Waals surface area contributed by atoms with Gasteiger partial charge in [0.2, 0.25) is 11.5 Å². The molecule has 0 aliphatic heterocycles. The van der Waals surface area contributed by atoms with E-state index in [1.165, 1.54) is 6.92 Å². The van der Waals surface area contributed by atoms with Crippen LogP contribution in [0.1, 0.15) is 40.3 Å². The summed E-state index contributed by atoms with van der Waals surface area (Å²) in [5.41, 5.74) is 1.52. The van der Waals surface area contributed by atoms with E-state index in [0.717, 1.165) is 24.1 Å². The van der Waals surface area contributed by atoms with Gasteiger partial charge in [0.15, 0.2) is 6.10 Å². The first-order chi connectivity index (χ1) is 10.9. The summed E-state index contributed by atoms with van der Waals surface area (Å²) in [5, 5.41) is 10.5. The summed E-state index contributed by atoms with van der Waals surface area (Å²) in [6.45, 7) is 3.44. The number of furan rings is 1. The van der Waals surface area contributed by atoms with Gasteiger partial charge < -0.3 is 9.15 Å². The topological polar surface area (TPSA) is 99.7 Å². The van der Waals surface area contributed by atoms with Crippen LogP contribution in [0.3, 0.4) is 0 Å². The predicted octanol–water partition coefficient (Wildman–Crippen LogP) is 3.18. The first-order valence-corrected chi connectivity index (χ1v) is 7.00. The Morgan fingerprint density at radius 2 is 1.87 bits per heavy atom. The molecule has 7 nitrogen and oxygen atoms in total. The van der Waals surface area contributed by atoms with Crippen molar-refractivity contribution in [1.29, 1.82) is 0 Å². The maximum atomic E-state index is 12.2. The number of carbonyl (C=O) groups is 2. The van der Waals surface area contributed by atoms with Crippen LogP contribution in [0.15, 0.2) is 40.8 Å². The SMILES string of the molecule is CCc1ccc(C(=O)[C@@H](C)OC(=O)c2ccc([N+](=O)[O-])o2)cc1. The van der Waals surface area contributed by atoms with E-state index in [0.29, 0.717) is 5.56 Å². The molecule has 120 valence electrons. The fourth-order valence-electron chi connectivity index (χ4n) is 1.95. The van der Waals surface area contributed by atoms with Gasteiger partial charge in [-0.3, -0.25) is 14.9 Å². The fraction of sp³-hybridized carbons (Fsp3) is 0.250. The molecule has 0 bridgehead atoms. The monoisotopic (exact) mass is 317 g/mol. The predicted molar refractivity (Wildman–Crippen MR) is 80.4 cm³/mol. The molecular weight excluding hydrogens is 302 g/mol. The number of aryl methyl sites for hydroxylation is 1. The van der Waals surface area contributed by atoms with Gasteiger partial charge >= 0.3 is 11.9 Å². The number of Topliss-reactive ketones (excluding diaryl/α,β-unsaturated/α-hetero) is 1. The molecule has 0 radical (unpaired) electrons. The summed E-state index contributed by atoms with van der Waals surface area (Å²) < 4.78 is 9.74. The quantitative estimate of drug-likeness (QED) is 0.351. The van der Waals surface area contributed by atoms with Gasteiger partial charge in [-0.2, -0.15) is 0 Å². The Kier molecular flexibility index (Phi) is 4.90. The molecule has 1 aromatic carbocycles. The van der Waals surface area contributed by atoms with Crippen molar-refractivity contribution in [1.82, 2.24) is 0 Å². The molecule has 0 N–H and O–H groups in total. The minimum Gasteiger partial charge on any atom is -0.448 e. The van der Waals surface area contributed by atoms with Gasteiger partial charge in [-0.1, -0.05) is 31.2 Å². The lowest BCUT2D eigenvalue weighted by Gasteiger charge is -2.11. The normalized spacial score (nSPS) is 11.7. The van der Waals surface area contributed by atoms with Gasteiger partial charge in [0.05, 0.1) is 6.07 Å². The van der Waals surface area contributed by atoms with Crippen molar-refractivity contribution in [2.45, 2.75) is 26.4 Å². The number of ketones is 1. The van der Waals surface area contributed by atoms with E-state index in [1.807, 2.05) is 19.1 Å². The summed E-state index contributed by atoms with van der Waals surface area (Å²) >= 11 is 0. The molecule has 0 aliphatic carbocycles. The number of benzene rings is 1. The van der Waals surface area contributed by atoms with Crippen molar-refractivity contribution in [3.05, 3.63) is 63.4 Å². The van der Waals surface area contributed by atoms with E-state index in [1.54, 1.807) is 12.1 Å². The zero-order chi connectivity index (χ0) is 17.0. The van der Waals surface area contributed by atoms with Gasteiger partial charge in [0, 0.05) is 5.56 Å². The van der Waals surface area contributed by atoms with Crippen molar-refractivity contribution in [2.24, 2.45) is 0 Å². The standard InChI is InChI=1S/C16H15NO6/c1-3-11-4-6-12(7-5-11)15(18)10(2)22-16(19)13-8-9-14(23-13)17(20)21/h4-10H,3H2,1-2H3/t10-/m1/s1. The highest BCUT2D eigenvalue weighted by molar-refractivity contribution is 6.01. The molecule has 0 saturated carbocycles. The van der Waals surface area contributed by atoms with E-state index in [-0.39, 0.29) is 11.5 Å². The second-order valence-electron chi connectivity index (χ2n) is 4.86. The molecule has 1 heterocycles. The van der Waals surface area contributed by atoms with Gasteiger partial charge in [-0.05, 0) is 25.0 Å². The zero-order valence-corrected chi connectivity index (χ0v) is 12.6. The van der Waals surface area contributed by atoms with E-state index >= 15 is 0 Å². The zero-order valence-electron chi connectivity index (χ0n) is 12.6. The van der Waals surface area contributed by atoms with Gasteiger partial charge in [0.1, 0.15) is 4.92 Å². The summed E-state index contributed by atoms with van der Waals surface area (Å²) in [6.07, 6.45) is -0.171. The third-order valence-electron chi connectivity index (χ3n) is 3.27. The highest BCUT2D eigenvalue weighted by Crippen LogP contribution is 2.17. The maximum Gasteiger partial charge on any atom is 0.433 e. The number of esters is 1. The third kappa shape index (κ3) is 3.82. The Bertz CT molecular complexity index is 731.